The monoisotopic (exact) mass is 299 g/mol. The van der Waals surface area contributed by atoms with Crippen LogP contribution in [0.25, 0.3) is 11.3 Å². The van der Waals surface area contributed by atoms with Gasteiger partial charge in [-0.3, -0.25) is 0 Å². The van der Waals surface area contributed by atoms with Gasteiger partial charge in [0.15, 0.2) is 5.13 Å². The predicted octanol–water partition coefficient (Wildman–Crippen LogP) is 4.51. The molecule has 0 spiro atoms. The molecule has 3 aromatic rings. The Morgan fingerprint density at radius 3 is 2.95 bits per heavy atom. The third-order valence-electron chi connectivity index (χ3n) is 3.31. The molecule has 0 unspecified atom stereocenters. The Morgan fingerprint density at radius 1 is 1.15 bits per heavy atom. The molecule has 3 nitrogen and oxygen atoms in total. The maximum absolute atomic E-state index is 6.24. The lowest BCUT2D eigenvalue weighted by atomic mass is 10.1. The van der Waals surface area contributed by atoms with E-state index in [4.69, 9.17) is 11.6 Å². The maximum Gasteiger partial charge on any atom is 0.189 e. The van der Waals surface area contributed by atoms with Crippen molar-refractivity contribution in [1.29, 1.82) is 0 Å². The average molecular weight is 300 g/mol. The van der Waals surface area contributed by atoms with E-state index in [0.717, 1.165) is 33.7 Å². The van der Waals surface area contributed by atoms with Crippen molar-refractivity contribution in [1.82, 2.24) is 9.97 Å². The molecule has 0 saturated heterocycles. The third-order valence-corrected chi connectivity index (χ3v) is 4.63. The SMILES string of the molecule is Clc1cccc2c1Cc1sc(Nc3ccccn3)nc1-2. The van der Waals surface area contributed by atoms with Gasteiger partial charge in [-0.15, -0.1) is 11.3 Å². The van der Waals surface area contributed by atoms with Crippen LogP contribution in [0.2, 0.25) is 5.02 Å². The summed E-state index contributed by atoms with van der Waals surface area (Å²) in [5.41, 5.74) is 3.39. The van der Waals surface area contributed by atoms with Gasteiger partial charge >= 0.3 is 0 Å². The molecule has 1 aromatic carbocycles. The van der Waals surface area contributed by atoms with Crippen molar-refractivity contribution in [3.05, 3.63) is 58.1 Å². The number of fused-ring (bicyclic) bond motifs is 3. The van der Waals surface area contributed by atoms with Crippen LogP contribution in [0.15, 0.2) is 42.6 Å². The minimum absolute atomic E-state index is 0.811. The molecule has 0 amide bonds. The average Bonchev–Trinajstić information content (AvgIpc) is 2.99. The topological polar surface area (TPSA) is 37.8 Å². The van der Waals surface area contributed by atoms with E-state index < -0.39 is 0 Å². The molecule has 2 heterocycles. The zero-order chi connectivity index (χ0) is 13.5. The number of pyridine rings is 1. The normalized spacial score (nSPS) is 12.1. The standard InChI is InChI=1S/C15H10ClN3S/c16-11-5-3-4-9-10(11)8-12-14(9)19-15(20-12)18-13-6-1-2-7-17-13/h1-7H,8H2,(H,17,18,19). The molecule has 5 heteroatoms. The fraction of sp³-hybridized carbons (Fsp3) is 0.0667. The molecule has 0 saturated carbocycles. The predicted molar refractivity (Wildman–Crippen MR) is 82.9 cm³/mol. The summed E-state index contributed by atoms with van der Waals surface area (Å²) in [4.78, 5) is 10.2. The maximum atomic E-state index is 6.24. The highest BCUT2D eigenvalue weighted by atomic mass is 35.5. The zero-order valence-corrected chi connectivity index (χ0v) is 12.0. The third kappa shape index (κ3) is 1.88. The van der Waals surface area contributed by atoms with E-state index in [1.165, 1.54) is 10.4 Å². The molecule has 0 bridgehead atoms. The van der Waals surface area contributed by atoms with Crippen LogP contribution < -0.4 is 5.32 Å². The van der Waals surface area contributed by atoms with Gasteiger partial charge in [0, 0.05) is 28.1 Å². The first-order valence-corrected chi connectivity index (χ1v) is 7.46. The Bertz CT molecular complexity index is 783. The quantitative estimate of drug-likeness (QED) is 0.592. The van der Waals surface area contributed by atoms with Gasteiger partial charge in [0.1, 0.15) is 5.82 Å². The summed E-state index contributed by atoms with van der Waals surface area (Å²) in [5.74, 6) is 0.811. The summed E-state index contributed by atoms with van der Waals surface area (Å²) < 4.78 is 0. The van der Waals surface area contributed by atoms with E-state index in [1.807, 2.05) is 30.3 Å². The van der Waals surface area contributed by atoms with E-state index in [1.54, 1.807) is 17.5 Å². The van der Waals surface area contributed by atoms with Crippen molar-refractivity contribution >= 4 is 33.9 Å². The molecule has 1 aliphatic carbocycles. The molecule has 4 rings (SSSR count). The largest absolute Gasteiger partial charge is 0.316 e. The Kier molecular flexibility index (Phi) is 2.72. The molecule has 0 aliphatic heterocycles. The summed E-state index contributed by atoms with van der Waals surface area (Å²) >= 11 is 7.90. The molecule has 98 valence electrons. The first kappa shape index (κ1) is 11.9. The molecule has 2 aromatic heterocycles. The second-order valence-electron chi connectivity index (χ2n) is 4.57. The van der Waals surface area contributed by atoms with E-state index in [0.29, 0.717) is 0 Å². The summed E-state index contributed by atoms with van der Waals surface area (Å²) in [7, 11) is 0. The van der Waals surface area contributed by atoms with Crippen LogP contribution in [-0.4, -0.2) is 9.97 Å². The van der Waals surface area contributed by atoms with Crippen LogP contribution in [0, 0.1) is 0 Å². The second-order valence-corrected chi connectivity index (χ2v) is 6.06. The highest BCUT2D eigenvalue weighted by molar-refractivity contribution is 7.16. The number of benzene rings is 1. The van der Waals surface area contributed by atoms with Gasteiger partial charge in [0.05, 0.1) is 5.69 Å². The second kappa shape index (κ2) is 4.58. The smallest absolute Gasteiger partial charge is 0.189 e. The van der Waals surface area contributed by atoms with Crippen molar-refractivity contribution in [2.45, 2.75) is 6.42 Å². The molecular weight excluding hydrogens is 290 g/mol. The van der Waals surface area contributed by atoms with Gasteiger partial charge in [-0.05, 0) is 23.8 Å². The number of hydrogen-bond donors (Lipinski definition) is 1. The Morgan fingerprint density at radius 2 is 2.10 bits per heavy atom. The van der Waals surface area contributed by atoms with Crippen LogP contribution in [0.5, 0.6) is 0 Å². The number of nitrogens with zero attached hydrogens (tertiary/aromatic N) is 2. The first-order chi connectivity index (χ1) is 9.81. The summed E-state index contributed by atoms with van der Waals surface area (Å²) in [5, 5.41) is 4.94. The van der Waals surface area contributed by atoms with E-state index in [-0.39, 0.29) is 0 Å². The highest BCUT2D eigenvalue weighted by Crippen LogP contribution is 2.43. The van der Waals surface area contributed by atoms with Crippen molar-refractivity contribution in [3.63, 3.8) is 0 Å². The molecule has 0 radical (unpaired) electrons. The minimum atomic E-state index is 0.811. The van der Waals surface area contributed by atoms with E-state index >= 15 is 0 Å². The van der Waals surface area contributed by atoms with E-state index in [9.17, 15) is 0 Å². The number of hydrogen-bond acceptors (Lipinski definition) is 4. The van der Waals surface area contributed by atoms with Gasteiger partial charge in [0.25, 0.3) is 0 Å². The fourth-order valence-corrected chi connectivity index (χ4v) is 3.64. The Balaban J connectivity index is 1.71. The summed E-state index contributed by atoms with van der Waals surface area (Å²) in [6, 6.07) is 11.8. The van der Waals surface area contributed by atoms with Crippen molar-refractivity contribution in [2.75, 3.05) is 5.32 Å². The van der Waals surface area contributed by atoms with Crippen LogP contribution >= 0.6 is 22.9 Å². The van der Waals surface area contributed by atoms with Gasteiger partial charge in [0.2, 0.25) is 0 Å². The van der Waals surface area contributed by atoms with Crippen molar-refractivity contribution in [3.8, 4) is 11.3 Å². The van der Waals surface area contributed by atoms with Crippen LogP contribution in [0.1, 0.15) is 10.4 Å². The lowest BCUT2D eigenvalue weighted by molar-refractivity contribution is 1.29. The molecule has 1 aliphatic rings. The number of aromatic nitrogens is 2. The van der Waals surface area contributed by atoms with Crippen LogP contribution in [0.4, 0.5) is 10.9 Å². The molecule has 1 N–H and O–H groups in total. The zero-order valence-electron chi connectivity index (χ0n) is 10.4. The van der Waals surface area contributed by atoms with Gasteiger partial charge in [-0.1, -0.05) is 29.8 Å². The van der Waals surface area contributed by atoms with Crippen LogP contribution in [-0.2, 0) is 6.42 Å². The number of anilines is 2. The molecular formula is C15H10ClN3S. The number of halogens is 1. The molecule has 0 fully saturated rings. The summed E-state index contributed by atoms with van der Waals surface area (Å²) in [6.07, 6.45) is 2.63. The number of thiazole rings is 1. The van der Waals surface area contributed by atoms with Crippen molar-refractivity contribution < 1.29 is 0 Å². The molecule has 0 atom stereocenters. The first-order valence-electron chi connectivity index (χ1n) is 6.27. The minimum Gasteiger partial charge on any atom is -0.316 e. The summed E-state index contributed by atoms with van der Waals surface area (Å²) in [6.45, 7) is 0. The lowest BCUT2D eigenvalue weighted by Gasteiger charge is -2.02. The van der Waals surface area contributed by atoms with Gasteiger partial charge < -0.3 is 5.32 Å². The Hall–Kier alpha value is -1.91. The van der Waals surface area contributed by atoms with Crippen LogP contribution in [0.3, 0.4) is 0 Å². The number of nitrogens with one attached hydrogen (secondary N) is 1. The fourth-order valence-electron chi connectivity index (χ4n) is 2.40. The highest BCUT2D eigenvalue weighted by Gasteiger charge is 2.25. The lowest BCUT2D eigenvalue weighted by Crippen LogP contribution is -1.92. The van der Waals surface area contributed by atoms with Crippen molar-refractivity contribution in [2.24, 2.45) is 0 Å². The van der Waals surface area contributed by atoms with E-state index in [2.05, 4.69) is 21.4 Å². The van der Waals surface area contributed by atoms with Gasteiger partial charge in [-0.2, -0.15) is 0 Å². The number of rotatable bonds is 2. The van der Waals surface area contributed by atoms with Gasteiger partial charge in [-0.25, -0.2) is 9.97 Å². The Labute approximate surface area is 125 Å². The molecule has 20 heavy (non-hydrogen) atoms.